The molecule has 0 radical (unpaired) electrons. The van der Waals surface area contributed by atoms with Crippen molar-refractivity contribution in [1.29, 1.82) is 0 Å². The molecule has 0 spiro atoms. The summed E-state index contributed by atoms with van der Waals surface area (Å²) in [4.78, 5) is 11.8. The minimum Gasteiger partial charge on any atom is -0.497 e. The number of carbonyl (C=O) groups is 1. The second-order valence-electron chi connectivity index (χ2n) is 6.90. The predicted molar refractivity (Wildman–Crippen MR) is 110 cm³/mol. The fourth-order valence-corrected chi connectivity index (χ4v) is 4.23. The summed E-state index contributed by atoms with van der Waals surface area (Å²) in [6.07, 6.45) is 0.101. The number of aryl methyl sites for hydroxylation is 2. The van der Waals surface area contributed by atoms with E-state index in [-0.39, 0.29) is 17.1 Å². The third kappa shape index (κ3) is 5.20. The highest BCUT2D eigenvalue weighted by Crippen LogP contribution is 2.28. The van der Waals surface area contributed by atoms with E-state index in [0.29, 0.717) is 6.42 Å². The molecule has 0 saturated heterocycles. The van der Waals surface area contributed by atoms with Crippen molar-refractivity contribution in [2.45, 2.75) is 36.9 Å². The molecule has 3 rings (SSSR count). The molecule has 8 heteroatoms. The number of esters is 1. The van der Waals surface area contributed by atoms with Gasteiger partial charge in [0.25, 0.3) is 10.1 Å². The summed E-state index contributed by atoms with van der Waals surface area (Å²) in [7, 11) is -1.09. The van der Waals surface area contributed by atoms with Gasteiger partial charge in [-0.1, -0.05) is 29.8 Å². The largest absolute Gasteiger partial charge is 0.497 e. The Bertz CT molecular complexity index is 1010. The van der Waals surface area contributed by atoms with Gasteiger partial charge in [-0.2, -0.15) is 8.42 Å². The molecule has 2 aromatic carbocycles. The third-order valence-electron chi connectivity index (χ3n) is 4.79. The lowest BCUT2D eigenvalue weighted by atomic mass is 10.0. The molecule has 1 heterocycles. The van der Waals surface area contributed by atoms with E-state index in [1.54, 1.807) is 19.2 Å². The Morgan fingerprint density at radius 2 is 1.67 bits per heavy atom. The summed E-state index contributed by atoms with van der Waals surface area (Å²) in [6, 6.07) is 13.8. The van der Waals surface area contributed by atoms with Gasteiger partial charge >= 0.3 is 5.97 Å². The molecule has 0 aliphatic carbocycles. The van der Waals surface area contributed by atoms with Gasteiger partial charge < -0.3 is 14.2 Å². The summed E-state index contributed by atoms with van der Waals surface area (Å²) in [5.74, 6) is 0.365. The molecule has 2 unspecified atom stereocenters. The Morgan fingerprint density at radius 3 is 2.27 bits per heavy atom. The van der Waals surface area contributed by atoms with Crippen LogP contribution in [-0.4, -0.2) is 40.8 Å². The highest BCUT2D eigenvalue weighted by molar-refractivity contribution is 7.86. The van der Waals surface area contributed by atoms with Gasteiger partial charge in [0.1, 0.15) is 17.6 Å². The van der Waals surface area contributed by atoms with Crippen molar-refractivity contribution in [2.75, 3.05) is 14.2 Å². The normalized spacial score (nSPS) is 17.2. The fraction of sp³-hybridized carbons (Fsp3) is 0.318. The molecular weight excluding hydrogens is 408 g/mol. The Balaban J connectivity index is 1.82. The van der Waals surface area contributed by atoms with E-state index >= 15 is 0 Å². The number of methoxy groups -OCH3 is 2. The molecule has 1 aliphatic rings. The Kier molecular flexibility index (Phi) is 6.79. The standard InChI is InChI=1S/C22H24O7S/c1-15-4-11-18(12-5-15)30(24,25)29-19(22-20(27-3)14-21(23)28-22)13-8-16-6-9-17(26-2)10-7-16/h4-7,9-12,14,19,22H,8,13H2,1-3H3. The fourth-order valence-electron chi connectivity index (χ4n) is 3.12. The molecule has 0 saturated carbocycles. The highest BCUT2D eigenvalue weighted by Gasteiger charge is 2.38. The van der Waals surface area contributed by atoms with E-state index < -0.39 is 28.3 Å². The third-order valence-corrected chi connectivity index (χ3v) is 6.14. The molecule has 0 N–H and O–H groups in total. The van der Waals surface area contributed by atoms with Gasteiger partial charge in [-0.05, 0) is 49.6 Å². The monoisotopic (exact) mass is 432 g/mol. The van der Waals surface area contributed by atoms with Gasteiger partial charge in [0, 0.05) is 0 Å². The summed E-state index contributed by atoms with van der Waals surface area (Å²) in [5, 5.41) is 0. The van der Waals surface area contributed by atoms with Gasteiger partial charge in [0.2, 0.25) is 0 Å². The summed E-state index contributed by atoms with van der Waals surface area (Å²) < 4.78 is 46.9. The van der Waals surface area contributed by atoms with Crippen molar-refractivity contribution < 1.29 is 31.6 Å². The quantitative estimate of drug-likeness (QED) is 0.444. The van der Waals surface area contributed by atoms with Crippen LogP contribution >= 0.6 is 0 Å². The predicted octanol–water partition coefficient (Wildman–Crippen LogP) is 3.17. The van der Waals surface area contributed by atoms with Crippen LogP contribution in [0.15, 0.2) is 65.3 Å². The summed E-state index contributed by atoms with van der Waals surface area (Å²) >= 11 is 0. The molecule has 0 bridgehead atoms. The Morgan fingerprint density at radius 1 is 1.00 bits per heavy atom. The van der Waals surface area contributed by atoms with Gasteiger partial charge in [0.05, 0.1) is 25.2 Å². The number of carbonyl (C=O) groups excluding carboxylic acids is 1. The van der Waals surface area contributed by atoms with Crippen molar-refractivity contribution >= 4 is 16.1 Å². The van der Waals surface area contributed by atoms with E-state index in [2.05, 4.69) is 0 Å². The van der Waals surface area contributed by atoms with Crippen LogP contribution in [0.25, 0.3) is 0 Å². The maximum atomic E-state index is 12.8. The molecule has 2 aromatic rings. The SMILES string of the molecule is COC1=CC(=O)OC1C(CCc1ccc(OC)cc1)OS(=O)(=O)c1ccc(C)cc1. The second-order valence-corrected chi connectivity index (χ2v) is 8.47. The minimum atomic E-state index is -4.07. The molecule has 160 valence electrons. The lowest BCUT2D eigenvalue weighted by Crippen LogP contribution is -2.34. The number of benzene rings is 2. The first-order valence-electron chi connectivity index (χ1n) is 9.41. The number of hydrogen-bond donors (Lipinski definition) is 0. The van der Waals surface area contributed by atoms with E-state index in [0.717, 1.165) is 16.9 Å². The van der Waals surface area contributed by atoms with Crippen molar-refractivity contribution in [2.24, 2.45) is 0 Å². The van der Waals surface area contributed by atoms with Crippen molar-refractivity contribution in [3.8, 4) is 5.75 Å². The molecular formula is C22H24O7S. The molecule has 7 nitrogen and oxygen atoms in total. The lowest BCUT2D eigenvalue weighted by molar-refractivity contribution is -0.143. The molecule has 1 aliphatic heterocycles. The van der Waals surface area contributed by atoms with Crippen molar-refractivity contribution in [3.05, 3.63) is 71.5 Å². The van der Waals surface area contributed by atoms with Crippen LogP contribution in [0.2, 0.25) is 0 Å². The number of ether oxygens (including phenoxy) is 3. The second kappa shape index (κ2) is 9.32. The highest BCUT2D eigenvalue weighted by atomic mass is 32.2. The van der Waals surface area contributed by atoms with Gasteiger partial charge in [-0.3, -0.25) is 4.18 Å². The number of rotatable bonds is 9. The Labute approximate surface area is 176 Å². The van der Waals surface area contributed by atoms with Crippen LogP contribution in [0.3, 0.4) is 0 Å². The van der Waals surface area contributed by atoms with E-state index in [9.17, 15) is 13.2 Å². The Hall–Kier alpha value is -2.84. The zero-order valence-electron chi connectivity index (χ0n) is 17.0. The summed E-state index contributed by atoms with van der Waals surface area (Å²) in [5.41, 5.74) is 1.89. The molecule has 2 atom stereocenters. The van der Waals surface area contributed by atoms with E-state index in [4.69, 9.17) is 18.4 Å². The first kappa shape index (κ1) is 21.9. The maximum Gasteiger partial charge on any atom is 0.335 e. The molecule has 30 heavy (non-hydrogen) atoms. The van der Waals surface area contributed by atoms with Crippen LogP contribution in [0.5, 0.6) is 5.75 Å². The van der Waals surface area contributed by atoms with E-state index in [1.807, 2.05) is 31.2 Å². The average Bonchev–Trinajstić information content (AvgIpc) is 3.12. The topological polar surface area (TPSA) is 88.1 Å². The maximum absolute atomic E-state index is 12.8. The molecule has 0 fully saturated rings. The van der Waals surface area contributed by atoms with Gasteiger partial charge in [0.15, 0.2) is 6.10 Å². The van der Waals surface area contributed by atoms with E-state index in [1.165, 1.54) is 25.3 Å². The number of cyclic esters (lactones) is 1. The van der Waals surface area contributed by atoms with Crippen LogP contribution in [-0.2, 0) is 35.0 Å². The van der Waals surface area contributed by atoms with Crippen molar-refractivity contribution in [1.82, 2.24) is 0 Å². The smallest absolute Gasteiger partial charge is 0.335 e. The van der Waals surface area contributed by atoms with Crippen molar-refractivity contribution in [3.63, 3.8) is 0 Å². The average molecular weight is 432 g/mol. The first-order chi connectivity index (χ1) is 14.3. The molecule has 0 amide bonds. The lowest BCUT2D eigenvalue weighted by Gasteiger charge is -2.24. The summed E-state index contributed by atoms with van der Waals surface area (Å²) in [6.45, 7) is 1.86. The van der Waals surface area contributed by atoms with Gasteiger partial charge in [-0.25, -0.2) is 4.79 Å². The van der Waals surface area contributed by atoms with Crippen LogP contribution < -0.4 is 4.74 Å². The zero-order valence-corrected chi connectivity index (χ0v) is 17.8. The minimum absolute atomic E-state index is 0.0369. The van der Waals surface area contributed by atoms with Gasteiger partial charge in [-0.15, -0.1) is 0 Å². The van der Waals surface area contributed by atoms with Crippen LogP contribution in [0, 0.1) is 6.92 Å². The number of hydrogen-bond acceptors (Lipinski definition) is 7. The van der Waals surface area contributed by atoms with Crippen LogP contribution in [0.1, 0.15) is 17.5 Å². The molecule has 0 aromatic heterocycles. The first-order valence-corrected chi connectivity index (χ1v) is 10.8. The zero-order chi connectivity index (χ0) is 21.7. The van der Waals surface area contributed by atoms with Crippen LogP contribution in [0.4, 0.5) is 0 Å².